The first-order valence-electron chi connectivity index (χ1n) is 18.5. The summed E-state index contributed by atoms with van der Waals surface area (Å²) in [5.74, 6) is 0. The summed E-state index contributed by atoms with van der Waals surface area (Å²) in [5.41, 5.74) is 15.4. The van der Waals surface area contributed by atoms with Crippen LogP contribution in [0.3, 0.4) is 0 Å². The van der Waals surface area contributed by atoms with Crippen LogP contribution in [0.4, 0.5) is 0 Å². The van der Waals surface area contributed by atoms with Crippen molar-refractivity contribution in [2.45, 2.75) is 0 Å². The van der Waals surface area contributed by atoms with Gasteiger partial charge < -0.3 is 0 Å². The molecule has 0 radical (unpaired) electrons. The van der Waals surface area contributed by atoms with Crippen LogP contribution in [0.15, 0.2) is 188 Å². The SMILES string of the molecule is N#Cc1cccc(-c2cccc(-c3ccc4c5c(cccc35)-c3c-4c(-c4cccc5ccccc45)c4ccccc4c3-c3cccc4ccccc34)c2)c1. The van der Waals surface area contributed by atoms with E-state index in [0.29, 0.717) is 5.56 Å². The van der Waals surface area contributed by atoms with E-state index in [1.54, 1.807) is 0 Å². The van der Waals surface area contributed by atoms with Gasteiger partial charge in [-0.1, -0.05) is 170 Å². The predicted octanol–water partition coefficient (Wildman–Crippen LogP) is 14.5. The molecule has 248 valence electrons. The molecule has 0 spiro atoms. The summed E-state index contributed by atoms with van der Waals surface area (Å²) in [6, 6.07) is 70.5. The molecule has 1 aliphatic carbocycles. The van der Waals surface area contributed by atoms with Crippen molar-refractivity contribution in [3.8, 4) is 72.8 Å². The summed E-state index contributed by atoms with van der Waals surface area (Å²) in [4.78, 5) is 0. The summed E-state index contributed by atoms with van der Waals surface area (Å²) in [6.45, 7) is 0. The largest absolute Gasteiger partial charge is 0.192 e. The Morgan fingerprint density at radius 3 is 1.39 bits per heavy atom. The van der Waals surface area contributed by atoms with Crippen molar-refractivity contribution in [3.63, 3.8) is 0 Å². The van der Waals surface area contributed by atoms with Gasteiger partial charge in [0.05, 0.1) is 11.6 Å². The molecule has 10 aromatic carbocycles. The monoisotopic (exact) mass is 681 g/mol. The van der Waals surface area contributed by atoms with Crippen molar-refractivity contribution in [3.05, 3.63) is 194 Å². The van der Waals surface area contributed by atoms with E-state index < -0.39 is 0 Å². The Morgan fingerprint density at radius 1 is 0.296 bits per heavy atom. The van der Waals surface area contributed by atoms with E-state index in [2.05, 4.69) is 176 Å². The zero-order chi connectivity index (χ0) is 35.8. The topological polar surface area (TPSA) is 23.8 Å². The Kier molecular flexibility index (Phi) is 6.68. The van der Waals surface area contributed by atoms with Crippen LogP contribution in [0.25, 0.3) is 110 Å². The lowest BCUT2D eigenvalue weighted by atomic mass is 9.81. The summed E-state index contributed by atoms with van der Waals surface area (Å²) in [7, 11) is 0. The van der Waals surface area contributed by atoms with E-state index in [1.165, 1.54) is 93.2 Å². The fourth-order valence-electron chi connectivity index (χ4n) is 9.13. The first-order valence-corrected chi connectivity index (χ1v) is 18.5. The number of nitrogens with zero attached hydrogens (tertiary/aromatic N) is 1. The first-order chi connectivity index (χ1) is 26.8. The third-order valence-corrected chi connectivity index (χ3v) is 11.4. The molecule has 0 saturated heterocycles. The smallest absolute Gasteiger partial charge is 0.0991 e. The van der Waals surface area contributed by atoms with Crippen LogP contribution in [-0.2, 0) is 0 Å². The highest BCUT2D eigenvalue weighted by Crippen LogP contribution is 2.59. The number of hydrogen-bond donors (Lipinski definition) is 0. The third-order valence-electron chi connectivity index (χ3n) is 11.4. The molecule has 0 saturated carbocycles. The molecule has 11 rings (SSSR count). The summed E-state index contributed by atoms with van der Waals surface area (Å²) in [5, 5.41) is 19.6. The van der Waals surface area contributed by atoms with Gasteiger partial charge in [0, 0.05) is 0 Å². The molecule has 54 heavy (non-hydrogen) atoms. The number of hydrogen-bond acceptors (Lipinski definition) is 1. The molecule has 1 aliphatic rings. The highest BCUT2D eigenvalue weighted by atomic mass is 14.3. The van der Waals surface area contributed by atoms with Gasteiger partial charge in [0.1, 0.15) is 0 Å². The summed E-state index contributed by atoms with van der Waals surface area (Å²) in [6.07, 6.45) is 0. The maximum Gasteiger partial charge on any atom is 0.0991 e. The lowest BCUT2D eigenvalue weighted by Gasteiger charge is -2.22. The van der Waals surface area contributed by atoms with Gasteiger partial charge in [-0.25, -0.2) is 0 Å². The van der Waals surface area contributed by atoms with E-state index >= 15 is 0 Å². The van der Waals surface area contributed by atoms with Gasteiger partial charge in [-0.05, 0) is 128 Å². The minimum atomic E-state index is 0.664. The van der Waals surface area contributed by atoms with Crippen LogP contribution >= 0.6 is 0 Å². The Hall–Kier alpha value is -7.27. The van der Waals surface area contributed by atoms with Crippen molar-refractivity contribution in [1.82, 2.24) is 0 Å². The number of rotatable bonds is 4. The van der Waals surface area contributed by atoms with Crippen LogP contribution in [-0.4, -0.2) is 0 Å². The van der Waals surface area contributed by atoms with Crippen LogP contribution in [0.2, 0.25) is 0 Å². The van der Waals surface area contributed by atoms with Crippen molar-refractivity contribution < 1.29 is 0 Å². The second kappa shape index (κ2) is 11.9. The van der Waals surface area contributed by atoms with E-state index in [-0.39, 0.29) is 0 Å². The molecule has 1 nitrogen and oxygen atoms in total. The fraction of sp³-hybridized carbons (Fsp3) is 0. The van der Waals surface area contributed by atoms with Crippen LogP contribution < -0.4 is 0 Å². The highest BCUT2D eigenvalue weighted by molar-refractivity contribution is 6.30. The maximum atomic E-state index is 9.59. The van der Waals surface area contributed by atoms with E-state index in [0.717, 1.165) is 16.7 Å². The molecule has 0 atom stereocenters. The maximum absolute atomic E-state index is 9.59. The molecule has 10 aromatic rings. The van der Waals surface area contributed by atoms with Gasteiger partial charge in [0.25, 0.3) is 0 Å². The highest BCUT2D eigenvalue weighted by Gasteiger charge is 2.32. The second-order valence-electron chi connectivity index (χ2n) is 14.3. The Morgan fingerprint density at radius 2 is 0.741 bits per heavy atom. The average Bonchev–Trinajstić information content (AvgIpc) is 3.57. The van der Waals surface area contributed by atoms with Gasteiger partial charge in [-0.3, -0.25) is 0 Å². The van der Waals surface area contributed by atoms with E-state index in [9.17, 15) is 5.26 Å². The molecule has 0 aromatic heterocycles. The van der Waals surface area contributed by atoms with E-state index in [4.69, 9.17) is 0 Å². The average molecular weight is 682 g/mol. The Bertz CT molecular complexity index is 3090. The number of nitriles is 1. The number of benzene rings is 10. The van der Waals surface area contributed by atoms with Gasteiger partial charge in [0.15, 0.2) is 0 Å². The Balaban J connectivity index is 1.26. The lowest BCUT2D eigenvalue weighted by molar-refractivity contribution is 1.48. The summed E-state index contributed by atoms with van der Waals surface area (Å²) >= 11 is 0. The molecule has 0 fully saturated rings. The molecule has 0 heterocycles. The summed E-state index contributed by atoms with van der Waals surface area (Å²) < 4.78 is 0. The van der Waals surface area contributed by atoms with Crippen molar-refractivity contribution in [2.24, 2.45) is 0 Å². The molecule has 0 unspecified atom stereocenters. The second-order valence-corrected chi connectivity index (χ2v) is 14.3. The lowest BCUT2D eigenvalue weighted by Crippen LogP contribution is -1.94. The van der Waals surface area contributed by atoms with Gasteiger partial charge in [0.2, 0.25) is 0 Å². The zero-order valence-corrected chi connectivity index (χ0v) is 29.3. The minimum absolute atomic E-state index is 0.664. The quantitative estimate of drug-likeness (QED) is 0.181. The van der Waals surface area contributed by atoms with Gasteiger partial charge in [-0.15, -0.1) is 0 Å². The molecular weight excluding hydrogens is 651 g/mol. The van der Waals surface area contributed by atoms with Crippen molar-refractivity contribution in [2.75, 3.05) is 0 Å². The number of fused-ring (bicyclic) bond motifs is 6. The van der Waals surface area contributed by atoms with E-state index in [1.807, 2.05) is 18.2 Å². The van der Waals surface area contributed by atoms with Crippen LogP contribution in [0.1, 0.15) is 5.56 Å². The van der Waals surface area contributed by atoms with Crippen LogP contribution in [0.5, 0.6) is 0 Å². The third kappa shape index (κ3) is 4.44. The van der Waals surface area contributed by atoms with Crippen LogP contribution in [0, 0.1) is 11.3 Å². The van der Waals surface area contributed by atoms with Crippen molar-refractivity contribution >= 4 is 43.1 Å². The molecule has 0 N–H and O–H groups in total. The Labute approximate surface area is 313 Å². The van der Waals surface area contributed by atoms with Crippen molar-refractivity contribution in [1.29, 1.82) is 5.26 Å². The fourth-order valence-corrected chi connectivity index (χ4v) is 9.13. The predicted molar refractivity (Wildman–Crippen MR) is 227 cm³/mol. The normalized spacial score (nSPS) is 11.7. The molecule has 0 aliphatic heterocycles. The zero-order valence-electron chi connectivity index (χ0n) is 29.3. The molecule has 0 bridgehead atoms. The molecule has 0 amide bonds. The minimum Gasteiger partial charge on any atom is -0.192 e. The van der Waals surface area contributed by atoms with Gasteiger partial charge in [-0.2, -0.15) is 5.26 Å². The first kappa shape index (κ1) is 30.4. The van der Waals surface area contributed by atoms with Gasteiger partial charge >= 0.3 is 0 Å². The standard InChI is InChI=1S/C53H31N/c54-32-33-12-7-17-36(30-33)37-18-8-19-38(31-37)41-28-29-48-49-42(41)26-11-27-47(49)52-50(43-24-9-15-34-13-1-3-20-39(34)43)45-22-5-6-23-46(45)51(53(48)52)44-25-10-16-35-14-2-4-21-40(35)44/h1-31H. The molecular formula is C53H31N. The molecule has 1 heteroatoms.